The molecule has 0 saturated heterocycles. The van der Waals surface area contributed by atoms with Gasteiger partial charge in [0.1, 0.15) is 0 Å². The number of nitrogens with zero attached hydrogens (tertiary/aromatic N) is 6. The molecule has 0 spiro atoms. The van der Waals surface area contributed by atoms with Gasteiger partial charge in [0.15, 0.2) is 11.4 Å². The second-order valence-electron chi connectivity index (χ2n) is 13.0. The van der Waals surface area contributed by atoms with Crippen LogP contribution in [0.15, 0.2) is 158 Å². The molecule has 0 fully saturated rings. The molecule has 7 aromatic carbocycles. The van der Waals surface area contributed by atoms with E-state index in [9.17, 15) is 10.5 Å². The molecule has 0 aliphatic carbocycles. The molecule has 0 unspecified atom stereocenters. The van der Waals surface area contributed by atoms with Crippen LogP contribution in [0.5, 0.6) is 0 Å². The molecule has 0 N–H and O–H groups in total. The number of rotatable bonds is 4. The van der Waals surface area contributed by atoms with Crippen LogP contribution in [-0.4, -0.2) is 4.57 Å². The predicted molar refractivity (Wildman–Crippen MR) is 209 cm³/mol. The average Bonchev–Trinajstić information content (AvgIpc) is 3.55. The summed E-state index contributed by atoms with van der Waals surface area (Å²) >= 11 is 0. The molecule has 53 heavy (non-hydrogen) atoms. The summed E-state index contributed by atoms with van der Waals surface area (Å²) in [6.45, 7) is 15.3. The van der Waals surface area contributed by atoms with E-state index in [4.69, 9.17) is 13.1 Å². The molecule has 6 heteroatoms. The number of para-hydroxylation sites is 2. The van der Waals surface area contributed by atoms with Gasteiger partial charge in [0.25, 0.3) is 0 Å². The third-order valence-electron chi connectivity index (χ3n) is 10.3. The number of hydrogen-bond donors (Lipinski definition) is 0. The number of aromatic nitrogens is 1. The van der Waals surface area contributed by atoms with E-state index in [1.54, 1.807) is 0 Å². The van der Waals surface area contributed by atoms with Crippen LogP contribution in [-0.2, 0) is 5.41 Å². The highest BCUT2D eigenvalue weighted by Gasteiger charge is 2.46. The van der Waals surface area contributed by atoms with Crippen molar-refractivity contribution in [2.75, 3.05) is 4.90 Å². The zero-order chi connectivity index (χ0) is 36.1. The van der Waals surface area contributed by atoms with Crippen LogP contribution >= 0.6 is 0 Å². The first kappa shape index (κ1) is 31.1. The van der Waals surface area contributed by atoms with Gasteiger partial charge in [-0.15, -0.1) is 0 Å². The van der Waals surface area contributed by atoms with Gasteiger partial charge in [-0.25, -0.2) is 9.69 Å². The topological polar surface area (TPSA) is 64.5 Å². The van der Waals surface area contributed by atoms with E-state index in [1.807, 2.05) is 84.9 Å². The van der Waals surface area contributed by atoms with Crippen molar-refractivity contribution < 1.29 is 0 Å². The Labute approximate surface area is 306 Å². The number of hydrogen-bond acceptors (Lipinski definition) is 3. The Morgan fingerprint density at radius 3 is 1.43 bits per heavy atom. The second-order valence-corrected chi connectivity index (χ2v) is 13.0. The molecular weight excluding hydrogens is 649 g/mol. The minimum atomic E-state index is -0.767. The largest absolute Gasteiger partial charge is 0.310 e. The molecule has 8 aromatic rings. The first-order valence-corrected chi connectivity index (χ1v) is 17.0. The van der Waals surface area contributed by atoms with Gasteiger partial charge < -0.3 is 9.47 Å². The molecule has 1 aliphatic rings. The molecule has 0 atom stereocenters. The van der Waals surface area contributed by atoms with Gasteiger partial charge in [0.2, 0.25) is 0 Å². The first-order valence-electron chi connectivity index (χ1n) is 17.0. The molecule has 2 heterocycles. The van der Waals surface area contributed by atoms with Gasteiger partial charge in [-0.1, -0.05) is 78.9 Å². The minimum Gasteiger partial charge on any atom is -0.310 e. The lowest BCUT2D eigenvalue weighted by molar-refractivity contribution is 0.731. The molecule has 9 rings (SSSR count). The van der Waals surface area contributed by atoms with Crippen LogP contribution in [0.25, 0.3) is 37.2 Å². The number of nitriles is 2. The third-order valence-corrected chi connectivity index (χ3v) is 10.3. The van der Waals surface area contributed by atoms with E-state index in [-0.39, 0.29) is 0 Å². The van der Waals surface area contributed by atoms with Crippen molar-refractivity contribution >= 4 is 50.2 Å². The number of benzene rings is 7. The van der Waals surface area contributed by atoms with E-state index in [1.165, 1.54) is 0 Å². The van der Waals surface area contributed by atoms with Gasteiger partial charge in [-0.3, -0.25) is 0 Å². The Balaban J connectivity index is 1.31. The van der Waals surface area contributed by atoms with Gasteiger partial charge in [0.05, 0.1) is 64.2 Å². The maximum absolute atomic E-state index is 9.70. The number of fused-ring (bicyclic) bond motifs is 5. The summed E-state index contributed by atoms with van der Waals surface area (Å²) in [5, 5.41) is 21.2. The van der Waals surface area contributed by atoms with Gasteiger partial charge in [0, 0.05) is 11.4 Å². The van der Waals surface area contributed by atoms with Crippen LogP contribution in [0, 0.1) is 35.8 Å². The van der Waals surface area contributed by atoms with Crippen LogP contribution in [0.1, 0.15) is 33.4 Å². The van der Waals surface area contributed by atoms with E-state index in [2.05, 4.69) is 104 Å². The Morgan fingerprint density at radius 2 is 0.962 bits per heavy atom. The lowest BCUT2D eigenvalue weighted by atomic mass is 9.62. The molecular formula is C47H26N6. The zero-order valence-corrected chi connectivity index (χ0v) is 28.2. The molecule has 6 nitrogen and oxygen atoms in total. The van der Waals surface area contributed by atoms with Crippen LogP contribution < -0.4 is 4.90 Å². The fraction of sp³-hybridized carbons (Fsp3) is 0.0213. The average molecular weight is 675 g/mol. The highest BCUT2D eigenvalue weighted by molar-refractivity contribution is 6.11. The van der Waals surface area contributed by atoms with Crippen molar-refractivity contribution in [2.24, 2.45) is 0 Å². The summed E-state index contributed by atoms with van der Waals surface area (Å²) in [6, 6.07) is 57.0. The molecule has 0 bridgehead atoms. The molecule has 1 aliphatic heterocycles. The lowest BCUT2D eigenvalue weighted by Gasteiger charge is -2.46. The predicted octanol–water partition coefficient (Wildman–Crippen LogP) is 11.8. The van der Waals surface area contributed by atoms with Crippen molar-refractivity contribution in [3.63, 3.8) is 0 Å². The Bertz CT molecular complexity index is 2760. The van der Waals surface area contributed by atoms with Gasteiger partial charge >= 0.3 is 0 Å². The molecule has 0 saturated carbocycles. The number of anilines is 3. The normalized spacial score (nSPS) is 12.6. The zero-order valence-electron chi connectivity index (χ0n) is 28.2. The summed E-state index contributed by atoms with van der Waals surface area (Å²) in [5.74, 6) is 0. The van der Waals surface area contributed by atoms with Crippen LogP contribution in [0.2, 0.25) is 0 Å². The van der Waals surface area contributed by atoms with E-state index >= 15 is 0 Å². The van der Waals surface area contributed by atoms with Crippen molar-refractivity contribution in [1.29, 1.82) is 10.5 Å². The fourth-order valence-corrected chi connectivity index (χ4v) is 8.09. The Morgan fingerprint density at radius 1 is 0.491 bits per heavy atom. The smallest absolute Gasteiger partial charge is 0.188 e. The highest BCUT2D eigenvalue weighted by Crippen LogP contribution is 2.57. The summed E-state index contributed by atoms with van der Waals surface area (Å²) < 4.78 is 2.20. The lowest BCUT2D eigenvalue weighted by Crippen LogP contribution is -2.37. The standard InChI is InChI=1S/C47H26N6/c1-50-35-22-24-43-39(26-35)40-27-36(51-2)23-25-44(40)52(43)37-8-7-9-38(28-37)53-45-12-5-3-10-41(45)47(42-11-4-6-13-46(42)53,33-18-14-31(29-48)15-19-33)34-20-16-32(30-49)17-21-34/h3-28H. The monoisotopic (exact) mass is 674 g/mol. The quantitative estimate of drug-likeness (QED) is 0.175. The van der Waals surface area contributed by atoms with Crippen molar-refractivity contribution in [3.8, 4) is 17.8 Å². The molecule has 1 aromatic heterocycles. The highest BCUT2D eigenvalue weighted by atomic mass is 15.2. The summed E-state index contributed by atoms with van der Waals surface area (Å²) in [6.07, 6.45) is 0. The molecule has 244 valence electrons. The van der Waals surface area contributed by atoms with Crippen molar-refractivity contribution in [2.45, 2.75) is 5.41 Å². The van der Waals surface area contributed by atoms with Crippen molar-refractivity contribution in [3.05, 3.63) is 214 Å². The fourth-order valence-electron chi connectivity index (χ4n) is 8.09. The maximum atomic E-state index is 9.70. The third kappa shape index (κ3) is 4.62. The Hall–Kier alpha value is -7.90. The van der Waals surface area contributed by atoms with Gasteiger partial charge in [-0.05, 0) is 112 Å². The second kappa shape index (κ2) is 12.2. The van der Waals surface area contributed by atoms with E-state index in [0.717, 1.165) is 66.8 Å². The van der Waals surface area contributed by atoms with Crippen molar-refractivity contribution in [1.82, 2.24) is 4.57 Å². The van der Waals surface area contributed by atoms with E-state index < -0.39 is 5.41 Å². The minimum absolute atomic E-state index is 0.549. The SMILES string of the molecule is [C-]#[N+]c1ccc2c(c1)c1cc([N+]#[C-])ccc1n2-c1cccc(N2c3ccccc3C(c3ccc(C#N)cc3)(c3ccc(C#N)cc3)c3ccccc32)c1. The molecule has 0 amide bonds. The summed E-state index contributed by atoms with van der Waals surface area (Å²) in [5.41, 5.74) is 11.5. The van der Waals surface area contributed by atoms with Gasteiger partial charge in [-0.2, -0.15) is 10.5 Å². The summed E-state index contributed by atoms with van der Waals surface area (Å²) in [4.78, 5) is 9.68. The molecule has 0 radical (unpaired) electrons. The Kier molecular flexibility index (Phi) is 7.13. The first-order chi connectivity index (χ1) is 26.1. The van der Waals surface area contributed by atoms with Crippen LogP contribution in [0.4, 0.5) is 28.4 Å². The summed E-state index contributed by atoms with van der Waals surface area (Å²) in [7, 11) is 0. The maximum Gasteiger partial charge on any atom is 0.188 e. The van der Waals surface area contributed by atoms with E-state index in [0.29, 0.717) is 22.5 Å². The van der Waals surface area contributed by atoms with Crippen LogP contribution in [0.3, 0.4) is 0 Å².